The fourth-order valence-corrected chi connectivity index (χ4v) is 2.48. The predicted octanol–water partition coefficient (Wildman–Crippen LogP) is 1.33. The van der Waals surface area contributed by atoms with E-state index in [2.05, 4.69) is 15.7 Å². The molecule has 0 saturated heterocycles. The number of aromatic nitrogens is 2. The van der Waals surface area contributed by atoms with E-state index in [0.29, 0.717) is 24.2 Å². The molecule has 132 valence electrons. The first kappa shape index (κ1) is 18.4. The summed E-state index contributed by atoms with van der Waals surface area (Å²) >= 11 is 0. The third-order valence-electron chi connectivity index (χ3n) is 3.93. The number of rotatable bonds is 5. The maximum atomic E-state index is 12.4. The molecule has 2 aromatic rings. The molecule has 1 aromatic heterocycles. The molecule has 1 aromatic carbocycles. The quantitative estimate of drug-likeness (QED) is 0.857. The van der Waals surface area contributed by atoms with Crippen LogP contribution in [0.15, 0.2) is 29.1 Å². The van der Waals surface area contributed by atoms with Crippen LogP contribution in [0, 0.1) is 13.8 Å². The maximum Gasteiger partial charge on any atom is 0.279 e. The van der Waals surface area contributed by atoms with Crippen LogP contribution in [0.25, 0.3) is 0 Å². The van der Waals surface area contributed by atoms with Crippen LogP contribution in [0.3, 0.4) is 0 Å². The Balaban J connectivity index is 2.00. The van der Waals surface area contributed by atoms with Crippen LogP contribution in [-0.2, 0) is 18.3 Å². The van der Waals surface area contributed by atoms with E-state index in [1.165, 1.54) is 18.7 Å². The van der Waals surface area contributed by atoms with Crippen LogP contribution in [0.4, 0.5) is 5.69 Å². The number of carbonyl (C=O) groups is 2. The van der Waals surface area contributed by atoms with Crippen LogP contribution in [-0.4, -0.2) is 28.1 Å². The van der Waals surface area contributed by atoms with Gasteiger partial charge in [-0.15, -0.1) is 0 Å². The van der Waals surface area contributed by atoms with E-state index in [-0.39, 0.29) is 11.5 Å². The van der Waals surface area contributed by atoms with Gasteiger partial charge >= 0.3 is 0 Å². The van der Waals surface area contributed by atoms with Crippen molar-refractivity contribution in [3.63, 3.8) is 0 Å². The molecule has 0 aliphatic rings. The first-order valence-electron chi connectivity index (χ1n) is 7.99. The highest BCUT2D eigenvalue weighted by atomic mass is 16.2. The fraction of sp³-hybridized carbons (Fsp3) is 0.333. The lowest BCUT2D eigenvalue weighted by Crippen LogP contribution is -2.35. The van der Waals surface area contributed by atoms with Gasteiger partial charge in [0.1, 0.15) is 5.56 Å². The summed E-state index contributed by atoms with van der Waals surface area (Å²) in [6, 6.07) is 7.39. The lowest BCUT2D eigenvalue weighted by molar-refractivity contribution is -0.114. The Morgan fingerprint density at radius 1 is 1.16 bits per heavy atom. The highest BCUT2D eigenvalue weighted by molar-refractivity contribution is 5.95. The summed E-state index contributed by atoms with van der Waals surface area (Å²) in [4.78, 5) is 35.5. The average molecular weight is 342 g/mol. The van der Waals surface area contributed by atoms with Crippen molar-refractivity contribution in [3.8, 4) is 0 Å². The van der Waals surface area contributed by atoms with Gasteiger partial charge in [-0.25, -0.2) is 4.68 Å². The van der Waals surface area contributed by atoms with Crippen LogP contribution >= 0.6 is 0 Å². The number of carbonyl (C=O) groups excluding carboxylic acids is 2. The summed E-state index contributed by atoms with van der Waals surface area (Å²) in [5.74, 6) is -0.511. The van der Waals surface area contributed by atoms with Gasteiger partial charge in [-0.05, 0) is 43.5 Å². The van der Waals surface area contributed by atoms with Crippen molar-refractivity contribution in [2.75, 3.05) is 11.9 Å². The summed E-state index contributed by atoms with van der Waals surface area (Å²) in [6.07, 6.45) is 0.621. The van der Waals surface area contributed by atoms with Gasteiger partial charge in [0.05, 0.1) is 5.69 Å². The molecular weight excluding hydrogens is 320 g/mol. The molecule has 0 spiro atoms. The number of benzene rings is 1. The van der Waals surface area contributed by atoms with Gasteiger partial charge < -0.3 is 10.6 Å². The van der Waals surface area contributed by atoms with E-state index in [1.807, 2.05) is 24.3 Å². The lowest BCUT2D eigenvalue weighted by atomic mass is 10.1. The Labute approximate surface area is 146 Å². The molecule has 0 unspecified atom stereocenters. The van der Waals surface area contributed by atoms with Gasteiger partial charge in [0.2, 0.25) is 5.91 Å². The van der Waals surface area contributed by atoms with Crippen molar-refractivity contribution in [1.82, 2.24) is 15.1 Å². The first-order chi connectivity index (χ1) is 11.8. The van der Waals surface area contributed by atoms with Crippen LogP contribution in [0.1, 0.15) is 34.1 Å². The van der Waals surface area contributed by atoms with E-state index < -0.39 is 11.5 Å². The zero-order valence-corrected chi connectivity index (χ0v) is 14.8. The molecule has 0 radical (unpaired) electrons. The number of anilines is 1. The largest absolute Gasteiger partial charge is 0.352 e. The molecule has 1 heterocycles. The first-order valence-corrected chi connectivity index (χ1v) is 7.99. The summed E-state index contributed by atoms with van der Waals surface area (Å²) in [5, 5.41) is 9.55. The second-order valence-electron chi connectivity index (χ2n) is 5.90. The molecular formula is C18H22N4O3. The van der Waals surface area contributed by atoms with Crippen molar-refractivity contribution in [3.05, 3.63) is 57.0 Å². The minimum atomic E-state index is -0.403. The second kappa shape index (κ2) is 7.74. The van der Waals surface area contributed by atoms with Gasteiger partial charge in [0.15, 0.2) is 0 Å². The minimum absolute atomic E-state index is 0.121. The molecule has 7 nitrogen and oxygen atoms in total. The summed E-state index contributed by atoms with van der Waals surface area (Å²) in [7, 11) is 1.53. The van der Waals surface area contributed by atoms with E-state index in [4.69, 9.17) is 0 Å². The molecule has 0 atom stereocenters. The highest BCUT2D eigenvalue weighted by Gasteiger charge is 2.17. The minimum Gasteiger partial charge on any atom is -0.352 e. The number of aryl methyl sites for hydroxylation is 2. The third-order valence-corrected chi connectivity index (χ3v) is 3.93. The number of hydrogen-bond acceptors (Lipinski definition) is 4. The molecule has 0 aliphatic heterocycles. The van der Waals surface area contributed by atoms with Crippen LogP contribution in [0.2, 0.25) is 0 Å². The standard InChI is InChI=1S/C18H22N4O3/c1-11-12(2)21-22(4)18(25)16(11)17(24)19-10-9-14-5-7-15(8-6-14)20-13(3)23/h5-8H,9-10H2,1-4H3,(H,19,24)(H,20,23). The van der Waals surface area contributed by atoms with Gasteiger partial charge in [-0.1, -0.05) is 12.1 Å². The van der Waals surface area contributed by atoms with Crippen LogP contribution in [0.5, 0.6) is 0 Å². The van der Waals surface area contributed by atoms with Gasteiger partial charge in [-0.2, -0.15) is 5.10 Å². The Bertz CT molecular complexity index is 854. The van der Waals surface area contributed by atoms with E-state index in [9.17, 15) is 14.4 Å². The van der Waals surface area contributed by atoms with Gasteiger partial charge in [-0.3, -0.25) is 14.4 Å². The maximum absolute atomic E-state index is 12.4. The fourth-order valence-electron chi connectivity index (χ4n) is 2.48. The zero-order chi connectivity index (χ0) is 18.6. The van der Waals surface area contributed by atoms with E-state index in [0.717, 1.165) is 11.3 Å². The molecule has 2 amide bonds. The Morgan fingerprint density at radius 3 is 2.40 bits per heavy atom. The third kappa shape index (κ3) is 4.53. The smallest absolute Gasteiger partial charge is 0.279 e. The number of amides is 2. The molecule has 7 heteroatoms. The summed E-state index contributed by atoms with van der Waals surface area (Å²) in [5.41, 5.74) is 2.73. The molecule has 0 fully saturated rings. The highest BCUT2D eigenvalue weighted by Crippen LogP contribution is 2.10. The monoisotopic (exact) mass is 342 g/mol. The van der Waals surface area contributed by atoms with Crippen molar-refractivity contribution in [2.45, 2.75) is 27.2 Å². The normalized spacial score (nSPS) is 10.4. The topological polar surface area (TPSA) is 93.1 Å². The molecule has 25 heavy (non-hydrogen) atoms. The molecule has 2 N–H and O–H groups in total. The summed E-state index contributed by atoms with van der Waals surface area (Å²) in [6.45, 7) is 5.35. The van der Waals surface area contributed by atoms with Crippen molar-refractivity contribution < 1.29 is 9.59 Å². The van der Waals surface area contributed by atoms with Crippen LogP contribution < -0.4 is 16.2 Å². The number of hydrogen-bond donors (Lipinski definition) is 2. The molecule has 0 aliphatic carbocycles. The number of nitrogens with one attached hydrogen (secondary N) is 2. The van der Waals surface area contributed by atoms with E-state index >= 15 is 0 Å². The second-order valence-corrected chi connectivity index (χ2v) is 5.90. The van der Waals surface area contributed by atoms with Crippen molar-refractivity contribution in [2.24, 2.45) is 7.05 Å². The van der Waals surface area contributed by atoms with Gasteiger partial charge in [0, 0.05) is 26.2 Å². The molecule has 2 rings (SSSR count). The lowest BCUT2D eigenvalue weighted by Gasteiger charge is -2.10. The van der Waals surface area contributed by atoms with Crippen molar-refractivity contribution >= 4 is 17.5 Å². The van der Waals surface area contributed by atoms with Gasteiger partial charge in [0.25, 0.3) is 11.5 Å². The van der Waals surface area contributed by atoms with E-state index in [1.54, 1.807) is 13.8 Å². The molecule has 0 bridgehead atoms. The van der Waals surface area contributed by atoms with Crippen molar-refractivity contribution in [1.29, 1.82) is 0 Å². The molecule has 0 saturated carbocycles. The summed E-state index contributed by atoms with van der Waals surface area (Å²) < 4.78 is 1.18. The predicted molar refractivity (Wildman–Crippen MR) is 95.7 cm³/mol. The Hall–Kier alpha value is -2.96. The number of nitrogens with zero attached hydrogens (tertiary/aromatic N) is 2. The Morgan fingerprint density at radius 2 is 1.80 bits per heavy atom. The SMILES string of the molecule is CC(=O)Nc1ccc(CCNC(=O)c2c(C)c(C)nn(C)c2=O)cc1. The average Bonchev–Trinajstić information content (AvgIpc) is 2.54. The Kier molecular flexibility index (Phi) is 5.69. The zero-order valence-electron chi connectivity index (χ0n) is 14.8.